The van der Waals surface area contributed by atoms with E-state index in [1.165, 1.54) is 25.3 Å². The number of esters is 2. The number of fused-ring (bicyclic) bond motifs is 1. The predicted octanol–water partition coefficient (Wildman–Crippen LogP) is 4.52. The lowest BCUT2D eigenvalue weighted by Crippen LogP contribution is -2.49. The van der Waals surface area contributed by atoms with Gasteiger partial charge in [-0.25, -0.2) is 9.59 Å². The number of carbonyl (C=O) groups is 3. The van der Waals surface area contributed by atoms with Gasteiger partial charge < -0.3 is 51.9 Å². The van der Waals surface area contributed by atoms with E-state index in [-0.39, 0.29) is 78.7 Å². The zero-order valence-electron chi connectivity index (χ0n) is 32.7. The first kappa shape index (κ1) is 43.9. The van der Waals surface area contributed by atoms with Crippen LogP contribution in [0, 0.1) is 0 Å². The van der Waals surface area contributed by atoms with Crippen LogP contribution in [-0.4, -0.2) is 115 Å². The van der Waals surface area contributed by atoms with E-state index in [9.17, 15) is 19.2 Å². The van der Waals surface area contributed by atoms with Crippen molar-refractivity contribution in [2.24, 2.45) is 0 Å². The largest absolute Gasteiger partial charge is 0.493 e. The number of methoxy groups -OCH3 is 4. The second-order valence-corrected chi connectivity index (χ2v) is 12.3. The maximum absolute atomic E-state index is 13.7. The Morgan fingerprint density at radius 2 is 1.30 bits per heavy atom. The summed E-state index contributed by atoms with van der Waals surface area (Å²) in [6.07, 6.45) is 0. The van der Waals surface area contributed by atoms with Gasteiger partial charge >= 0.3 is 11.9 Å². The van der Waals surface area contributed by atoms with Crippen LogP contribution in [-0.2, 0) is 30.4 Å². The summed E-state index contributed by atoms with van der Waals surface area (Å²) in [4.78, 5) is 55.1. The number of hydrogen-bond donors (Lipinski definition) is 0. The lowest BCUT2D eigenvalue weighted by Gasteiger charge is -2.35. The molecule has 0 radical (unpaired) electrons. The fraction of sp³-hybridized carbons (Fsp3) is 0.400. The Bertz CT molecular complexity index is 2080. The van der Waals surface area contributed by atoms with Crippen LogP contribution in [0.2, 0.25) is 0 Å². The number of rotatable bonds is 18. The number of ether oxygens (including phenoxy) is 9. The molecule has 0 spiro atoms. The molecule has 57 heavy (non-hydrogen) atoms. The lowest BCUT2D eigenvalue weighted by atomic mass is 10.1. The lowest BCUT2D eigenvalue weighted by molar-refractivity contribution is -0.146. The smallest absolute Gasteiger partial charge is 0.344 e. The molecule has 0 bridgehead atoms. The first-order chi connectivity index (χ1) is 27.1. The molecular formula is C40H47ClN2O14. The molecule has 308 valence electrons. The molecule has 1 saturated heterocycles. The minimum atomic E-state index is -0.599. The molecule has 1 aromatic heterocycles. The summed E-state index contributed by atoms with van der Waals surface area (Å²) >= 11 is 0. The summed E-state index contributed by atoms with van der Waals surface area (Å²) in [7, 11) is 6.15. The number of carbonyl (C=O) groups excluding carboxylic acids is 3. The molecule has 4 aromatic rings. The maximum Gasteiger partial charge on any atom is 0.344 e. The van der Waals surface area contributed by atoms with Gasteiger partial charge in [0, 0.05) is 62.0 Å². The molecule has 0 unspecified atom stereocenters. The summed E-state index contributed by atoms with van der Waals surface area (Å²) in [5.74, 6) is 1.11. The monoisotopic (exact) mass is 814 g/mol. The van der Waals surface area contributed by atoms with Crippen LogP contribution in [0.1, 0.15) is 19.4 Å². The highest BCUT2D eigenvalue weighted by atomic mass is 35.5. The quantitative estimate of drug-likeness (QED) is 0.128. The van der Waals surface area contributed by atoms with Crippen molar-refractivity contribution < 1.29 is 61.4 Å². The first-order valence-corrected chi connectivity index (χ1v) is 17.9. The number of halogens is 1. The fourth-order valence-electron chi connectivity index (χ4n) is 6.11. The van der Waals surface area contributed by atoms with Crippen LogP contribution in [0.3, 0.4) is 0 Å². The zero-order valence-corrected chi connectivity index (χ0v) is 33.5. The zero-order chi connectivity index (χ0) is 40.2. The summed E-state index contributed by atoms with van der Waals surface area (Å²) in [6.45, 7) is 5.23. The Morgan fingerprint density at radius 1 is 0.667 bits per heavy atom. The van der Waals surface area contributed by atoms with E-state index >= 15 is 0 Å². The molecule has 3 aromatic carbocycles. The second kappa shape index (κ2) is 20.9. The van der Waals surface area contributed by atoms with Crippen molar-refractivity contribution in [3.63, 3.8) is 0 Å². The van der Waals surface area contributed by atoms with Crippen molar-refractivity contribution in [2.75, 3.05) is 87.7 Å². The van der Waals surface area contributed by atoms with Gasteiger partial charge in [0.05, 0.1) is 41.7 Å². The van der Waals surface area contributed by atoms with E-state index in [4.69, 9.17) is 47.0 Å². The fourth-order valence-corrected chi connectivity index (χ4v) is 6.11. The van der Waals surface area contributed by atoms with E-state index in [0.717, 1.165) is 5.56 Å². The van der Waals surface area contributed by atoms with Crippen LogP contribution in [0.5, 0.6) is 40.2 Å². The summed E-state index contributed by atoms with van der Waals surface area (Å²) < 4.78 is 55.4. The van der Waals surface area contributed by atoms with E-state index in [1.807, 2.05) is 12.1 Å². The first-order valence-electron chi connectivity index (χ1n) is 17.9. The molecule has 0 saturated carbocycles. The summed E-state index contributed by atoms with van der Waals surface area (Å²) in [5.41, 5.74) is 0.954. The normalized spacial score (nSPS) is 12.6. The third-order valence-electron chi connectivity index (χ3n) is 8.78. The van der Waals surface area contributed by atoms with Gasteiger partial charge in [0.15, 0.2) is 48.2 Å². The molecule has 0 N–H and O–H groups in total. The Kier molecular flexibility index (Phi) is 16.1. The van der Waals surface area contributed by atoms with Crippen molar-refractivity contribution in [1.29, 1.82) is 0 Å². The molecule has 2 heterocycles. The van der Waals surface area contributed by atoms with Gasteiger partial charge in [0.25, 0.3) is 5.91 Å². The van der Waals surface area contributed by atoms with Crippen molar-refractivity contribution >= 4 is 41.2 Å². The standard InChI is InChI=1S/C40H46N2O14.ClH/c1-7-51-36(45)23-53-27-18-33(54-22-35(44)42-15-13-41(14-16-42)21-26-10-12-30(48-4)40(50-6)39(26)49-5)38-28(43)20-31(56-34(38)19-27)25-9-11-29(47-3)32(17-25)55-24-37(46)52-8-2;/h9-12,17-20H,7-8,13-16,21-24H2,1-6H3;1H. The molecule has 16 nitrogen and oxygen atoms in total. The minimum Gasteiger partial charge on any atom is -0.493 e. The van der Waals surface area contributed by atoms with Gasteiger partial charge in [0.2, 0.25) is 5.75 Å². The van der Waals surface area contributed by atoms with Crippen LogP contribution in [0.4, 0.5) is 0 Å². The average molecular weight is 815 g/mol. The molecule has 1 aliphatic rings. The van der Waals surface area contributed by atoms with Crippen LogP contribution in [0.25, 0.3) is 22.3 Å². The van der Waals surface area contributed by atoms with Gasteiger partial charge in [-0.1, -0.05) is 6.07 Å². The summed E-state index contributed by atoms with van der Waals surface area (Å²) in [6, 6.07) is 12.7. The Balaban J connectivity index is 0.00000720. The molecule has 0 atom stereocenters. The third-order valence-corrected chi connectivity index (χ3v) is 8.78. The van der Waals surface area contributed by atoms with Gasteiger partial charge in [-0.2, -0.15) is 0 Å². The van der Waals surface area contributed by atoms with Gasteiger partial charge in [0.1, 0.15) is 28.2 Å². The second-order valence-electron chi connectivity index (χ2n) is 12.3. The van der Waals surface area contributed by atoms with Crippen LogP contribution >= 0.6 is 12.4 Å². The SMILES string of the molecule is CCOC(=O)COc1cc(OCC(=O)N2CCN(Cc3ccc(OC)c(OC)c3OC)CC2)c2c(=O)cc(-c3ccc(OC)c(OCC(=O)OCC)c3)oc2c1.Cl. The Hall–Kier alpha value is -5.87. The van der Waals surface area contributed by atoms with Gasteiger partial charge in [-0.15, -0.1) is 12.4 Å². The molecule has 17 heteroatoms. The van der Waals surface area contributed by atoms with Crippen molar-refractivity contribution in [3.05, 3.63) is 64.3 Å². The van der Waals surface area contributed by atoms with Crippen molar-refractivity contribution in [1.82, 2.24) is 9.80 Å². The van der Waals surface area contributed by atoms with E-state index in [0.29, 0.717) is 61.3 Å². The number of benzene rings is 3. The number of hydrogen-bond acceptors (Lipinski definition) is 15. The Morgan fingerprint density at radius 3 is 1.93 bits per heavy atom. The molecule has 1 aliphatic heterocycles. The molecule has 1 fully saturated rings. The minimum absolute atomic E-state index is 0. The van der Waals surface area contributed by atoms with Gasteiger partial charge in [-0.05, 0) is 38.1 Å². The number of piperazine rings is 1. The van der Waals surface area contributed by atoms with Crippen molar-refractivity contribution in [2.45, 2.75) is 20.4 Å². The molecule has 1 amide bonds. The van der Waals surface area contributed by atoms with Gasteiger partial charge in [-0.3, -0.25) is 14.5 Å². The average Bonchev–Trinajstić information content (AvgIpc) is 3.21. The van der Waals surface area contributed by atoms with E-state index in [1.54, 1.807) is 58.3 Å². The molecule has 5 rings (SSSR count). The predicted molar refractivity (Wildman–Crippen MR) is 209 cm³/mol. The van der Waals surface area contributed by atoms with Crippen molar-refractivity contribution in [3.8, 4) is 51.6 Å². The third kappa shape index (κ3) is 10.9. The topological polar surface area (TPSA) is 171 Å². The Labute approximate surface area is 335 Å². The highest BCUT2D eigenvalue weighted by molar-refractivity contribution is 5.87. The van der Waals surface area contributed by atoms with Crippen LogP contribution in [0.15, 0.2) is 57.7 Å². The maximum atomic E-state index is 13.7. The highest BCUT2D eigenvalue weighted by Crippen LogP contribution is 2.40. The number of amides is 1. The van der Waals surface area contributed by atoms with E-state index < -0.39 is 24.0 Å². The van der Waals surface area contributed by atoms with E-state index in [2.05, 4.69) is 4.90 Å². The highest BCUT2D eigenvalue weighted by Gasteiger charge is 2.25. The number of nitrogens with zero attached hydrogens (tertiary/aromatic N) is 2. The molecular weight excluding hydrogens is 768 g/mol. The van der Waals surface area contributed by atoms with Crippen LogP contribution < -0.4 is 38.6 Å². The molecule has 0 aliphatic carbocycles. The summed E-state index contributed by atoms with van der Waals surface area (Å²) in [5, 5.41) is 0.0611.